The van der Waals surface area contributed by atoms with Gasteiger partial charge in [0.1, 0.15) is 18.0 Å². The van der Waals surface area contributed by atoms with Crippen LogP contribution >= 0.6 is 0 Å². The number of rotatable bonds is 4. The normalized spacial score (nSPS) is 10.6. The lowest BCUT2D eigenvalue weighted by atomic mass is 10.2. The predicted molar refractivity (Wildman–Crippen MR) is 77.6 cm³/mol. The van der Waals surface area contributed by atoms with Crippen molar-refractivity contribution in [1.29, 1.82) is 0 Å². The summed E-state index contributed by atoms with van der Waals surface area (Å²) in [5, 5.41) is 3.82. The highest BCUT2D eigenvalue weighted by Gasteiger charge is 2.05. The second-order valence-corrected chi connectivity index (χ2v) is 4.45. The molecule has 0 spiro atoms. The standard InChI is InChI=1S/C15H13FN4O/c1-21-14-5-2-10(7-17-14)8-18-15-12-6-11(16)3-4-13(12)19-9-20-15/h2-7,9H,8H2,1H3,(H,18,19,20). The predicted octanol–water partition coefficient (Wildman–Crippen LogP) is 2.78. The molecule has 3 rings (SSSR count). The van der Waals surface area contributed by atoms with Crippen molar-refractivity contribution in [2.75, 3.05) is 12.4 Å². The van der Waals surface area contributed by atoms with Gasteiger partial charge in [0.2, 0.25) is 5.88 Å². The molecule has 2 heterocycles. The van der Waals surface area contributed by atoms with Crippen LogP contribution in [0.15, 0.2) is 42.9 Å². The van der Waals surface area contributed by atoms with Crippen LogP contribution < -0.4 is 10.1 Å². The maximum atomic E-state index is 13.4. The van der Waals surface area contributed by atoms with Crippen LogP contribution in [0, 0.1) is 5.82 Å². The summed E-state index contributed by atoms with van der Waals surface area (Å²) in [7, 11) is 1.57. The minimum atomic E-state index is -0.313. The summed E-state index contributed by atoms with van der Waals surface area (Å²) in [6.07, 6.45) is 3.17. The van der Waals surface area contributed by atoms with Gasteiger partial charge in [0, 0.05) is 24.2 Å². The van der Waals surface area contributed by atoms with E-state index in [9.17, 15) is 4.39 Å². The Morgan fingerprint density at radius 3 is 2.81 bits per heavy atom. The summed E-state index contributed by atoms with van der Waals surface area (Å²) < 4.78 is 18.4. The highest BCUT2D eigenvalue weighted by atomic mass is 19.1. The lowest BCUT2D eigenvalue weighted by Gasteiger charge is -2.08. The minimum absolute atomic E-state index is 0.313. The number of nitrogens with zero attached hydrogens (tertiary/aromatic N) is 3. The zero-order chi connectivity index (χ0) is 14.7. The van der Waals surface area contributed by atoms with Crippen LogP contribution in [0.2, 0.25) is 0 Å². The number of fused-ring (bicyclic) bond motifs is 1. The summed E-state index contributed by atoms with van der Waals surface area (Å²) in [5.74, 6) is 0.843. The molecule has 6 heteroatoms. The van der Waals surface area contributed by atoms with E-state index in [1.165, 1.54) is 18.5 Å². The largest absolute Gasteiger partial charge is 0.481 e. The summed E-state index contributed by atoms with van der Waals surface area (Å²) >= 11 is 0. The number of halogens is 1. The first-order chi connectivity index (χ1) is 10.3. The fourth-order valence-electron chi connectivity index (χ4n) is 1.99. The molecule has 0 fully saturated rings. The van der Waals surface area contributed by atoms with E-state index in [0.717, 1.165) is 5.56 Å². The highest BCUT2D eigenvalue weighted by molar-refractivity contribution is 5.88. The molecular weight excluding hydrogens is 271 g/mol. The van der Waals surface area contributed by atoms with Gasteiger partial charge in [-0.2, -0.15) is 0 Å². The van der Waals surface area contributed by atoms with Crippen molar-refractivity contribution in [3.63, 3.8) is 0 Å². The van der Waals surface area contributed by atoms with E-state index in [-0.39, 0.29) is 5.82 Å². The SMILES string of the molecule is COc1ccc(CNc2ncnc3ccc(F)cc23)cn1. The monoisotopic (exact) mass is 284 g/mol. The van der Waals surface area contributed by atoms with Gasteiger partial charge < -0.3 is 10.1 Å². The van der Waals surface area contributed by atoms with Gasteiger partial charge in [-0.1, -0.05) is 6.07 Å². The molecule has 0 radical (unpaired) electrons. The summed E-state index contributed by atoms with van der Waals surface area (Å²) in [4.78, 5) is 12.4. The third-order valence-electron chi connectivity index (χ3n) is 3.06. The topological polar surface area (TPSA) is 59.9 Å². The van der Waals surface area contributed by atoms with Gasteiger partial charge in [-0.25, -0.2) is 19.3 Å². The van der Waals surface area contributed by atoms with Gasteiger partial charge in [0.15, 0.2) is 0 Å². The van der Waals surface area contributed by atoms with Crippen LogP contribution in [0.1, 0.15) is 5.56 Å². The molecular formula is C15H13FN4O. The quantitative estimate of drug-likeness (QED) is 0.798. The lowest BCUT2D eigenvalue weighted by molar-refractivity contribution is 0.397. The van der Waals surface area contributed by atoms with Crippen LogP contribution in [0.5, 0.6) is 5.88 Å². The summed E-state index contributed by atoms with van der Waals surface area (Å²) in [5.41, 5.74) is 1.67. The Hall–Kier alpha value is -2.76. The molecule has 1 aromatic carbocycles. The molecule has 0 aliphatic carbocycles. The minimum Gasteiger partial charge on any atom is -0.481 e. The maximum absolute atomic E-state index is 13.4. The van der Waals surface area contributed by atoms with E-state index >= 15 is 0 Å². The molecule has 106 valence electrons. The second-order valence-electron chi connectivity index (χ2n) is 4.45. The zero-order valence-electron chi connectivity index (χ0n) is 11.4. The fraction of sp³-hybridized carbons (Fsp3) is 0.133. The zero-order valence-corrected chi connectivity index (χ0v) is 11.4. The van der Waals surface area contributed by atoms with Gasteiger partial charge >= 0.3 is 0 Å². The molecule has 5 nitrogen and oxygen atoms in total. The Morgan fingerprint density at radius 2 is 2.05 bits per heavy atom. The van der Waals surface area contributed by atoms with Gasteiger partial charge in [-0.3, -0.25) is 0 Å². The van der Waals surface area contributed by atoms with Gasteiger partial charge in [0.05, 0.1) is 12.6 Å². The number of methoxy groups -OCH3 is 1. The number of ether oxygens (including phenoxy) is 1. The first-order valence-electron chi connectivity index (χ1n) is 6.39. The molecule has 3 aromatic rings. The Morgan fingerprint density at radius 1 is 1.14 bits per heavy atom. The van der Waals surface area contributed by atoms with E-state index in [1.54, 1.807) is 25.4 Å². The van der Waals surface area contributed by atoms with Crippen molar-refractivity contribution in [3.05, 3.63) is 54.2 Å². The number of hydrogen-bond donors (Lipinski definition) is 1. The molecule has 0 aliphatic heterocycles. The average Bonchev–Trinajstić information content (AvgIpc) is 2.53. The molecule has 0 aliphatic rings. The molecule has 1 N–H and O–H groups in total. The number of anilines is 1. The molecule has 21 heavy (non-hydrogen) atoms. The van der Waals surface area contributed by atoms with Crippen LogP contribution in [-0.4, -0.2) is 22.1 Å². The van der Waals surface area contributed by atoms with Crippen molar-refractivity contribution in [1.82, 2.24) is 15.0 Å². The molecule has 0 saturated carbocycles. The van der Waals surface area contributed by atoms with E-state index < -0.39 is 0 Å². The Labute approximate surface area is 120 Å². The molecule has 2 aromatic heterocycles. The van der Waals surface area contributed by atoms with Crippen LogP contribution in [0.25, 0.3) is 10.9 Å². The van der Waals surface area contributed by atoms with E-state index in [2.05, 4.69) is 20.3 Å². The third-order valence-corrected chi connectivity index (χ3v) is 3.06. The van der Waals surface area contributed by atoms with E-state index in [0.29, 0.717) is 29.1 Å². The molecule has 0 unspecified atom stereocenters. The van der Waals surface area contributed by atoms with Crippen molar-refractivity contribution in [3.8, 4) is 5.88 Å². The van der Waals surface area contributed by atoms with Crippen LogP contribution in [0.4, 0.5) is 10.2 Å². The van der Waals surface area contributed by atoms with Gasteiger partial charge in [0.25, 0.3) is 0 Å². The van der Waals surface area contributed by atoms with Crippen LogP contribution in [0.3, 0.4) is 0 Å². The van der Waals surface area contributed by atoms with Crippen LogP contribution in [-0.2, 0) is 6.54 Å². The summed E-state index contributed by atoms with van der Waals surface area (Å²) in [6.45, 7) is 0.527. The average molecular weight is 284 g/mol. The van der Waals surface area contributed by atoms with Crippen molar-refractivity contribution in [2.24, 2.45) is 0 Å². The Bertz CT molecular complexity index is 761. The molecule has 0 amide bonds. The fourth-order valence-corrected chi connectivity index (χ4v) is 1.99. The third kappa shape index (κ3) is 2.89. The molecule has 0 saturated heterocycles. The number of hydrogen-bond acceptors (Lipinski definition) is 5. The van der Waals surface area contributed by atoms with E-state index in [1.807, 2.05) is 6.07 Å². The second kappa shape index (κ2) is 5.70. The first-order valence-corrected chi connectivity index (χ1v) is 6.39. The summed E-state index contributed by atoms with van der Waals surface area (Å²) in [6, 6.07) is 8.13. The van der Waals surface area contributed by atoms with Crippen molar-refractivity contribution >= 4 is 16.7 Å². The van der Waals surface area contributed by atoms with Gasteiger partial charge in [-0.15, -0.1) is 0 Å². The molecule has 0 bridgehead atoms. The van der Waals surface area contributed by atoms with Gasteiger partial charge in [-0.05, 0) is 23.8 Å². The molecule has 0 atom stereocenters. The van der Waals surface area contributed by atoms with Crippen molar-refractivity contribution in [2.45, 2.75) is 6.54 Å². The van der Waals surface area contributed by atoms with E-state index in [4.69, 9.17) is 4.74 Å². The number of pyridine rings is 1. The number of benzene rings is 1. The van der Waals surface area contributed by atoms with Crippen molar-refractivity contribution < 1.29 is 9.13 Å². The Kier molecular flexibility index (Phi) is 3.59. The lowest BCUT2D eigenvalue weighted by Crippen LogP contribution is -2.03. The smallest absolute Gasteiger partial charge is 0.212 e. The maximum Gasteiger partial charge on any atom is 0.212 e. The number of nitrogens with one attached hydrogen (secondary N) is 1. The highest BCUT2D eigenvalue weighted by Crippen LogP contribution is 2.20. The first kappa shape index (κ1) is 13.2. The Balaban J connectivity index is 1.82. The number of aromatic nitrogens is 3.